The van der Waals surface area contributed by atoms with Gasteiger partial charge in [-0.05, 0) is 38.8 Å². The van der Waals surface area contributed by atoms with Crippen LogP contribution in [0.4, 0.5) is 0 Å². The van der Waals surface area contributed by atoms with Crippen LogP contribution in [0.5, 0.6) is 0 Å². The molecule has 0 heterocycles. The minimum atomic E-state index is 0.511. The van der Waals surface area contributed by atoms with Crippen molar-refractivity contribution in [2.75, 3.05) is 26.2 Å². The molecule has 1 aliphatic carbocycles. The standard InChI is InChI=1S/C12H25IN2O/c1-3-15(4-2)9-10-16-12-7-5-11(14-13)6-8-12/h11-12,14H,3-10H2,1-2H3/t11-,12-. The van der Waals surface area contributed by atoms with E-state index in [1.54, 1.807) is 0 Å². The average Bonchev–Trinajstić information content (AvgIpc) is 2.35. The molecule has 0 aromatic rings. The first kappa shape index (κ1) is 14.7. The SMILES string of the molecule is CCN(CC)CCO[C@H]1CC[C@H](NI)CC1. The second-order valence-corrected chi connectivity index (χ2v) is 5.10. The maximum atomic E-state index is 5.94. The monoisotopic (exact) mass is 340 g/mol. The summed E-state index contributed by atoms with van der Waals surface area (Å²) in [5.74, 6) is 0. The van der Waals surface area contributed by atoms with Gasteiger partial charge < -0.3 is 9.64 Å². The van der Waals surface area contributed by atoms with Crippen LogP contribution in [0.1, 0.15) is 39.5 Å². The van der Waals surface area contributed by atoms with Gasteiger partial charge in [0.1, 0.15) is 0 Å². The highest BCUT2D eigenvalue weighted by atomic mass is 127. The predicted octanol–water partition coefficient (Wildman–Crippen LogP) is 2.60. The molecule has 3 nitrogen and oxygen atoms in total. The lowest BCUT2D eigenvalue weighted by Gasteiger charge is -2.28. The summed E-state index contributed by atoms with van der Waals surface area (Å²) < 4.78 is 9.26. The van der Waals surface area contributed by atoms with Crippen molar-refractivity contribution >= 4 is 22.9 Å². The molecule has 0 radical (unpaired) electrons. The fourth-order valence-electron chi connectivity index (χ4n) is 2.23. The Morgan fingerprint density at radius 2 is 1.81 bits per heavy atom. The number of nitrogens with zero attached hydrogens (tertiary/aromatic N) is 1. The largest absolute Gasteiger partial charge is 0.377 e. The van der Waals surface area contributed by atoms with Crippen molar-refractivity contribution < 1.29 is 4.74 Å². The van der Waals surface area contributed by atoms with Gasteiger partial charge in [0.2, 0.25) is 0 Å². The minimum absolute atomic E-state index is 0.511. The normalized spacial score (nSPS) is 26.2. The molecule has 0 atom stereocenters. The third kappa shape index (κ3) is 5.29. The number of hydrogen-bond acceptors (Lipinski definition) is 3. The zero-order valence-corrected chi connectivity index (χ0v) is 12.7. The maximum Gasteiger partial charge on any atom is 0.0597 e. The highest BCUT2D eigenvalue weighted by Gasteiger charge is 2.20. The molecular weight excluding hydrogens is 315 g/mol. The summed E-state index contributed by atoms with van der Waals surface area (Å²) in [5, 5.41) is 0. The molecule has 1 saturated carbocycles. The van der Waals surface area contributed by atoms with Crippen LogP contribution in [0, 0.1) is 0 Å². The zero-order chi connectivity index (χ0) is 11.8. The van der Waals surface area contributed by atoms with Crippen molar-refractivity contribution in [3.63, 3.8) is 0 Å². The third-order valence-corrected chi connectivity index (χ3v) is 4.36. The van der Waals surface area contributed by atoms with Crippen LogP contribution in [0.2, 0.25) is 0 Å². The molecule has 1 aliphatic rings. The van der Waals surface area contributed by atoms with Gasteiger partial charge in [0, 0.05) is 35.5 Å². The van der Waals surface area contributed by atoms with E-state index in [9.17, 15) is 0 Å². The lowest BCUT2D eigenvalue weighted by molar-refractivity contribution is 0.0140. The lowest BCUT2D eigenvalue weighted by atomic mass is 9.94. The Kier molecular flexibility index (Phi) is 7.94. The molecular formula is C12H25IN2O. The van der Waals surface area contributed by atoms with Gasteiger partial charge in [0.15, 0.2) is 0 Å². The van der Waals surface area contributed by atoms with Crippen LogP contribution < -0.4 is 3.53 Å². The molecule has 0 aromatic heterocycles. The van der Waals surface area contributed by atoms with Crippen molar-refractivity contribution in [1.82, 2.24) is 8.43 Å². The Balaban J connectivity index is 2.06. The summed E-state index contributed by atoms with van der Waals surface area (Å²) in [6.07, 6.45) is 5.48. The Bertz CT molecular complexity index is 168. The Morgan fingerprint density at radius 3 is 2.31 bits per heavy atom. The fourth-order valence-corrected chi connectivity index (χ4v) is 2.85. The van der Waals surface area contributed by atoms with Crippen molar-refractivity contribution in [3.05, 3.63) is 0 Å². The van der Waals surface area contributed by atoms with E-state index in [-0.39, 0.29) is 0 Å². The first-order chi connectivity index (χ1) is 7.80. The smallest absolute Gasteiger partial charge is 0.0597 e. The van der Waals surface area contributed by atoms with Crippen molar-refractivity contribution in [3.8, 4) is 0 Å². The molecule has 4 heteroatoms. The second kappa shape index (κ2) is 8.66. The van der Waals surface area contributed by atoms with Crippen LogP contribution >= 0.6 is 22.9 Å². The van der Waals surface area contributed by atoms with E-state index >= 15 is 0 Å². The molecule has 0 aromatic carbocycles. The minimum Gasteiger partial charge on any atom is -0.377 e. The van der Waals surface area contributed by atoms with Crippen LogP contribution in [0.15, 0.2) is 0 Å². The second-order valence-electron chi connectivity index (χ2n) is 4.48. The molecule has 0 unspecified atom stereocenters. The number of nitrogens with one attached hydrogen (secondary N) is 1. The number of ether oxygens (including phenoxy) is 1. The summed E-state index contributed by atoms with van der Waals surface area (Å²) in [6.45, 7) is 8.66. The highest BCUT2D eigenvalue weighted by Crippen LogP contribution is 2.21. The zero-order valence-electron chi connectivity index (χ0n) is 10.5. The van der Waals surface area contributed by atoms with Crippen molar-refractivity contribution in [2.45, 2.75) is 51.7 Å². The van der Waals surface area contributed by atoms with Crippen LogP contribution in [-0.4, -0.2) is 43.3 Å². The van der Waals surface area contributed by atoms with E-state index in [0.29, 0.717) is 12.1 Å². The molecule has 0 saturated heterocycles. The molecule has 1 fully saturated rings. The summed E-state index contributed by atoms with van der Waals surface area (Å²) in [5.41, 5.74) is 0. The topological polar surface area (TPSA) is 24.5 Å². The first-order valence-corrected chi connectivity index (χ1v) is 7.58. The van der Waals surface area contributed by atoms with Gasteiger partial charge in [-0.3, -0.25) is 3.53 Å². The van der Waals surface area contributed by atoms with Crippen molar-refractivity contribution in [2.24, 2.45) is 0 Å². The van der Waals surface area contributed by atoms with E-state index < -0.39 is 0 Å². The number of hydrogen-bond donors (Lipinski definition) is 1. The molecule has 0 aliphatic heterocycles. The summed E-state index contributed by atoms with van der Waals surface area (Å²) in [6, 6.07) is 0.711. The Morgan fingerprint density at radius 1 is 1.19 bits per heavy atom. The quantitative estimate of drug-likeness (QED) is 0.570. The third-order valence-electron chi connectivity index (χ3n) is 3.48. The summed E-state index contributed by atoms with van der Waals surface area (Å²) >= 11 is 2.26. The van der Waals surface area contributed by atoms with Gasteiger partial charge >= 0.3 is 0 Å². The van der Waals surface area contributed by atoms with Crippen molar-refractivity contribution in [1.29, 1.82) is 0 Å². The van der Waals surface area contributed by atoms with Gasteiger partial charge in [0.25, 0.3) is 0 Å². The van der Waals surface area contributed by atoms with Crippen LogP contribution in [-0.2, 0) is 4.74 Å². The molecule has 0 bridgehead atoms. The van der Waals surface area contributed by atoms with E-state index in [4.69, 9.17) is 4.74 Å². The first-order valence-electron chi connectivity index (χ1n) is 6.50. The lowest BCUT2D eigenvalue weighted by Crippen LogP contribution is -2.33. The molecule has 0 amide bonds. The molecule has 96 valence electrons. The number of rotatable bonds is 7. The average molecular weight is 340 g/mol. The van der Waals surface area contributed by atoms with E-state index in [2.05, 4.69) is 45.1 Å². The van der Waals surface area contributed by atoms with Gasteiger partial charge in [-0.1, -0.05) is 13.8 Å². The highest BCUT2D eigenvalue weighted by molar-refractivity contribution is 14.1. The maximum absolute atomic E-state index is 5.94. The van der Waals surface area contributed by atoms with Gasteiger partial charge in [0.05, 0.1) is 12.7 Å². The Hall–Kier alpha value is 0.610. The number of halogens is 1. The fraction of sp³-hybridized carbons (Fsp3) is 1.00. The molecule has 0 spiro atoms. The molecule has 16 heavy (non-hydrogen) atoms. The van der Waals surface area contributed by atoms with Gasteiger partial charge in [-0.2, -0.15) is 0 Å². The summed E-state index contributed by atoms with van der Waals surface area (Å²) in [7, 11) is 0. The van der Waals surface area contributed by atoms with Crippen LogP contribution in [0.3, 0.4) is 0 Å². The van der Waals surface area contributed by atoms with Crippen LogP contribution in [0.25, 0.3) is 0 Å². The van der Waals surface area contributed by atoms with Gasteiger partial charge in [-0.25, -0.2) is 0 Å². The predicted molar refractivity (Wildman–Crippen MR) is 76.9 cm³/mol. The number of likely N-dealkylation sites (N-methyl/N-ethyl adjacent to an activating group) is 1. The van der Waals surface area contributed by atoms with E-state index in [1.165, 1.54) is 25.7 Å². The van der Waals surface area contributed by atoms with E-state index in [0.717, 1.165) is 26.2 Å². The molecule has 1 N–H and O–H groups in total. The Labute approximate surface area is 114 Å². The van der Waals surface area contributed by atoms with Gasteiger partial charge in [-0.15, -0.1) is 0 Å². The molecule has 1 rings (SSSR count). The summed E-state index contributed by atoms with van der Waals surface area (Å²) in [4.78, 5) is 2.41. The van der Waals surface area contributed by atoms with E-state index in [1.807, 2.05) is 0 Å².